The van der Waals surface area contributed by atoms with Gasteiger partial charge in [0.2, 0.25) is 5.91 Å². The fourth-order valence-corrected chi connectivity index (χ4v) is 3.89. The molecule has 3 rings (SSSR count). The molecule has 0 aliphatic rings. The standard InChI is InChI=1S/C24H28N4O4S/c1-4-5-11-25-23(30)17-7-6-8-19(14-17)28-13-12-26-24(28)33-16-22(29)27-18-9-10-20(31-2)21(15-18)32-3/h6-10,12-15H,4-5,11,16H2,1-3H3,(H,25,30)(H,27,29). The van der Waals surface area contributed by atoms with Gasteiger partial charge in [-0.15, -0.1) is 0 Å². The third-order valence-electron chi connectivity index (χ3n) is 4.81. The van der Waals surface area contributed by atoms with E-state index in [1.54, 1.807) is 44.7 Å². The topological polar surface area (TPSA) is 94.5 Å². The number of anilines is 1. The molecule has 2 amide bonds. The molecule has 174 valence electrons. The van der Waals surface area contributed by atoms with E-state index in [4.69, 9.17) is 9.47 Å². The molecule has 2 aromatic carbocycles. The maximum absolute atomic E-state index is 12.5. The van der Waals surface area contributed by atoms with Gasteiger partial charge < -0.3 is 20.1 Å². The van der Waals surface area contributed by atoms with E-state index in [1.807, 2.05) is 29.0 Å². The Hall–Kier alpha value is -3.46. The molecule has 0 aliphatic heterocycles. The highest BCUT2D eigenvalue weighted by Crippen LogP contribution is 2.30. The number of ether oxygens (including phenoxy) is 2. The number of hydrogen-bond donors (Lipinski definition) is 2. The van der Waals surface area contributed by atoms with Crippen LogP contribution < -0.4 is 20.1 Å². The zero-order chi connectivity index (χ0) is 23.6. The maximum atomic E-state index is 12.5. The first-order chi connectivity index (χ1) is 16.0. The summed E-state index contributed by atoms with van der Waals surface area (Å²) in [4.78, 5) is 29.2. The van der Waals surface area contributed by atoms with Gasteiger partial charge in [0.25, 0.3) is 5.91 Å². The van der Waals surface area contributed by atoms with Crippen LogP contribution in [0, 0.1) is 0 Å². The molecule has 0 atom stereocenters. The van der Waals surface area contributed by atoms with E-state index in [1.165, 1.54) is 11.8 Å². The highest BCUT2D eigenvalue weighted by Gasteiger charge is 2.13. The van der Waals surface area contributed by atoms with Crippen LogP contribution in [0.15, 0.2) is 60.0 Å². The molecule has 0 bridgehead atoms. The molecule has 33 heavy (non-hydrogen) atoms. The molecule has 1 aromatic heterocycles. The molecule has 0 radical (unpaired) electrons. The van der Waals surface area contributed by atoms with E-state index in [9.17, 15) is 9.59 Å². The molecule has 3 aromatic rings. The molecule has 0 unspecified atom stereocenters. The number of carbonyl (C=O) groups excluding carboxylic acids is 2. The predicted molar refractivity (Wildman–Crippen MR) is 130 cm³/mol. The van der Waals surface area contributed by atoms with Gasteiger partial charge in [0.15, 0.2) is 16.7 Å². The quantitative estimate of drug-likeness (QED) is 0.324. The molecule has 8 nitrogen and oxygen atoms in total. The largest absolute Gasteiger partial charge is 0.493 e. The third kappa shape index (κ3) is 6.52. The number of methoxy groups -OCH3 is 2. The minimum absolute atomic E-state index is 0.103. The zero-order valence-electron chi connectivity index (χ0n) is 19.0. The van der Waals surface area contributed by atoms with Crippen LogP contribution >= 0.6 is 11.8 Å². The smallest absolute Gasteiger partial charge is 0.251 e. The van der Waals surface area contributed by atoms with Crippen molar-refractivity contribution in [2.24, 2.45) is 0 Å². The van der Waals surface area contributed by atoms with Gasteiger partial charge in [-0.2, -0.15) is 0 Å². The highest BCUT2D eigenvalue weighted by molar-refractivity contribution is 7.99. The lowest BCUT2D eigenvalue weighted by molar-refractivity contribution is -0.113. The minimum atomic E-state index is -0.175. The number of imidazole rings is 1. The summed E-state index contributed by atoms with van der Waals surface area (Å²) in [5.74, 6) is 1.02. The second kappa shape index (κ2) is 12.0. The van der Waals surface area contributed by atoms with E-state index >= 15 is 0 Å². The van der Waals surface area contributed by atoms with Gasteiger partial charge in [-0.3, -0.25) is 14.2 Å². The number of amides is 2. The van der Waals surface area contributed by atoms with E-state index in [0.717, 1.165) is 18.5 Å². The van der Waals surface area contributed by atoms with Crippen molar-refractivity contribution < 1.29 is 19.1 Å². The summed E-state index contributed by atoms with van der Waals surface area (Å²) in [5.41, 5.74) is 2.00. The first-order valence-corrected chi connectivity index (χ1v) is 11.6. The van der Waals surface area contributed by atoms with Crippen molar-refractivity contribution in [3.05, 3.63) is 60.4 Å². The van der Waals surface area contributed by atoms with E-state index < -0.39 is 0 Å². The van der Waals surface area contributed by atoms with Crippen LogP contribution in [0.4, 0.5) is 5.69 Å². The highest BCUT2D eigenvalue weighted by atomic mass is 32.2. The summed E-state index contributed by atoms with van der Waals surface area (Å²) in [6.07, 6.45) is 5.44. The van der Waals surface area contributed by atoms with Crippen molar-refractivity contribution in [1.29, 1.82) is 0 Å². The minimum Gasteiger partial charge on any atom is -0.493 e. The Balaban J connectivity index is 1.64. The molecule has 0 spiro atoms. The van der Waals surface area contributed by atoms with Crippen LogP contribution in [0.5, 0.6) is 11.5 Å². The Morgan fingerprint density at radius 3 is 2.67 bits per heavy atom. The van der Waals surface area contributed by atoms with E-state index in [0.29, 0.717) is 34.5 Å². The Bertz CT molecular complexity index is 1100. The number of rotatable bonds is 11. The van der Waals surface area contributed by atoms with Gasteiger partial charge in [-0.1, -0.05) is 31.2 Å². The van der Waals surface area contributed by atoms with Crippen molar-refractivity contribution in [1.82, 2.24) is 14.9 Å². The van der Waals surface area contributed by atoms with Gasteiger partial charge in [0.1, 0.15) is 0 Å². The second-order valence-electron chi connectivity index (χ2n) is 7.15. The maximum Gasteiger partial charge on any atom is 0.251 e. The number of thioether (sulfide) groups is 1. The second-order valence-corrected chi connectivity index (χ2v) is 8.09. The van der Waals surface area contributed by atoms with Crippen LogP contribution in [0.1, 0.15) is 30.1 Å². The number of aromatic nitrogens is 2. The Kier molecular flexibility index (Phi) is 8.77. The zero-order valence-corrected chi connectivity index (χ0v) is 19.8. The van der Waals surface area contributed by atoms with Crippen molar-refractivity contribution in [3.63, 3.8) is 0 Å². The lowest BCUT2D eigenvalue weighted by Gasteiger charge is -2.11. The first kappa shape index (κ1) is 24.2. The summed E-state index contributed by atoms with van der Waals surface area (Å²) >= 11 is 1.31. The van der Waals surface area contributed by atoms with Crippen molar-refractivity contribution >= 4 is 29.3 Å². The van der Waals surface area contributed by atoms with Crippen LogP contribution in [0.25, 0.3) is 5.69 Å². The van der Waals surface area contributed by atoms with Crippen LogP contribution in [-0.2, 0) is 4.79 Å². The normalized spacial score (nSPS) is 10.5. The Morgan fingerprint density at radius 2 is 1.91 bits per heavy atom. The lowest BCUT2D eigenvalue weighted by atomic mass is 10.2. The monoisotopic (exact) mass is 468 g/mol. The van der Waals surface area contributed by atoms with Gasteiger partial charge >= 0.3 is 0 Å². The van der Waals surface area contributed by atoms with Crippen LogP contribution in [0.2, 0.25) is 0 Å². The lowest BCUT2D eigenvalue weighted by Crippen LogP contribution is -2.24. The Morgan fingerprint density at radius 1 is 1.09 bits per heavy atom. The van der Waals surface area contributed by atoms with E-state index in [-0.39, 0.29) is 17.6 Å². The average Bonchev–Trinajstić information content (AvgIpc) is 3.31. The van der Waals surface area contributed by atoms with Crippen LogP contribution in [0.3, 0.4) is 0 Å². The van der Waals surface area contributed by atoms with Gasteiger partial charge in [-0.05, 0) is 36.8 Å². The van der Waals surface area contributed by atoms with E-state index in [2.05, 4.69) is 22.5 Å². The number of unbranched alkanes of at least 4 members (excludes halogenated alkanes) is 1. The number of nitrogens with zero attached hydrogens (tertiary/aromatic N) is 2. The molecule has 0 saturated heterocycles. The van der Waals surface area contributed by atoms with Gasteiger partial charge in [0.05, 0.1) is 20.0 Å². The molecule has 0 aliphatic carbocycles. The molecular formula is C24H28N4O4S. The van der Waals surface area contributed by atoms with Crippen LogP contribution in [-0.4, -0.2) is 47.9 Å². The number of benzene rings is 2. The van der Waals surface area contributed by atoms with Gasteiger partial charge in [0, 0.05) is 41.9 Å². The number of hydrogen-bond acceptors (Lipinski definition) is 6. The predicted octanol–water partition coefficient (Wildman–Crippen LogP) is 4.15. The summed E-state index contributed by atoms with van der Waals surface area (Å²) in [6, 6.07) is 12.5. The SMILES string of the molecule is CCCCNC(=O)c1cccc(-n2ccnc2SCC(=O)Nc2ccc(OC)c(OC)c2)c1. The molecule has 0 fully saturated rings. The number of carbonyl (C=O) groups is 2. The van der Waals surface area contributed by atoms with Gasteiger partial charge in [-0.25, -0.2) is 4.98 Å². The molecular weight excluding hydrogens is 440 g/mol. The summed E-state index contributed by atoms with van der Waals surface area (Å²) < 4.78 is 12.3. The summed E-state index contributed by atoms with van der Waals surface area (Å²) in [7, 11) is 3.10. The van der Waals surface area contributed by atoms with Crippen molar-refractivity contribution in [3.8, 4) is 17.2 Å². The average molecular weight is 469 g/mol. The molecule has 0 saturated carbocycles. The fourth-order valence-electron chi connectivity index (χ4n) is 3.11. The number of nitrogens with one attached hydrogen (secondary N) is 2. The summed E-state index contributed by atoms with van der Waals surface area (Å²) in [6.45, 7) is 2.74. The molecule has 1 heterocycles. The third-order valence-corrected chi connectivity index (χ3v) is 5.78. The van der Waals surface area contributed by atoms with Crippen molar-refractivity contribution in [2.45, 2.75) is 24.9 Å². The molecule has 2 N–H and O–H groups in total. The fraction of sp³-hybridized carbons (Fsp3) is 0.292. The Labute approximate surface area is 197 Å². The summed E-state index contributed by atoms with van der Waals surface area (Å²) in [5, 5.41) is 6.43. The van der Waals surface area contributed by atoms with Crippen molar-refractivity contribution in [2.75, 3.05) is 31.8 Å². The first-order valence-electron chi connectivity index (χ1n) is 10.6. The molecule has 9 heteroatoms.